The van der Waals surface area contributed by atoms with Crippen molar-refractivity contribution in [3.05, 3.63) is 237 Å². The van der Waals surface area contributed by atoms with Gasteiger partial charge >= 0.3 is 23.9 Å². The molecule has 0 atom stereocenters. The lowest BCUT2D eigenvalue weighted by molar-refractivity contribution is 0.0390. The van der Waals surface area contributed by atoms with Gasteiger partial charge in [0.05, 0.1) is 57.7 Å². The fourth-order valence-electron chi connectivity index (χ4n) is 11.0. The SMILES string of the molecule is CCN(CC)c1ccc(C(=O)c2ccccc2C(=O)OCC#CCOC(=O)c2ccccc2C(=O)c2ccc(N(CC)CC)cc2O)c(O)c1.CCN(CC)c1ccc(C(=O)c2ccccc2C(=O)OCCCOC(=O)c2ccccc2C(=O)c2ccc(N(CC)CC)cc2O)c(O)c1. The molecule has 514 valence electrons. The Bertz CT molecular complexity index is 4020. The molecule has 0 aliphatic carbocycles. The van der Waals surface area contributed by atoms with Crippen LogP contribution >= 0.6 is 0 Å². The average molecular weight is 1340 g/mol. The topological polar surface area (TPSA) is 267 Å². The number of phenolic OH excluding ortho intramolecular Hbond substituents is 4. The van der Waals surface area contributed by atoms with Crippen molar-refractivity contribution >= 4 is 69.8 Å². The first-order valence-electron chi connectivity index (χ1n) is 32.8. The molecule has 0 radical (unpaired) electrons. The summed E-state index contributed by atoms with van der Waals surface area (Å²) in [5, 5.41) is 42.6. The number of nitrogens with zero attached hydrogens (tertiary/aromatic N) is 4. The number of aromatic hydroxyl groups is 4. The number of phenols is 4. The molecule has 0 fully saturated rings. The first-order valence-corrected chi connectivity index (χ1v) is 32.8. The molecule has 0 spiro atoms. The maximum Gasteiger partial charge on any atom is 0.339 e. The highest BCUT2D eigenvalue weighted by Gasteiger charge is 2.27. The maximum absolute atomic E-state index is 13.4. The Morgan fingerprint density at radius 2 is 0.485 bits per heavy atom. The Hall–Kier alpha value is -11.7. The second-order valence-electron chi connectivity index (χ2n) is 22.1. The van der Waals surface area contributed by atoms with E-state index in [0.29, 0.717) is 0 Å². The van der Waals surface area contributed by atoms with Crippen LogP contribution in [0, 0.1) is 11.8 Å². The number of carbonyl (C=O) groups excluding carboxylic acids is 8. The van der Waals surface area contributed by atoms with Crippen molar-refractivity contribution in [3.63, 3.8) is 0 Å². The summed E-state index contributed by atoms with van der Waals surface area (Å²) in [4.78, 5) is 113. The monoisotopic (exact) mass is 1340 g/mol. The molecule has 99 heavy (non-hydrogen) atoms. The average Bonchev–Trinajstić information content (AvgIpc) is 0.826. The number of ether oxygens (including phenoxy) is 4. The van der Waals surface area contributed by atoms with E-state index in [0.717, 1.165) is 75.1 Å². The van der Waals surface area contributed by atoms with Crippen molar-refractivity contribution in [2.24, 2.45) is 0 Å². The number of benzene rings is 8. The third-order valence-corrected chi connectivity index (χ3v) is 16.4. The zero-order chi connectivity index (χ0) is 71.7. The van der Waals surface area contributed by atoms with Crippen molar-refractivity contribution in [1.82, 2.24) is 0 Å². The molecule has 0 saturated heterocycles. The molecule has 0 bridgehead atoms. The van der Waals surface area contributed by atoms with Gasteiger partial charge in [0.15, 0.2) is 36.3 Å². The molecule has 0 aromatic heterocycles. The quantitative estimate of drug-likeness (QED) is 0.0107. The van der Waals surface area contributed by atoms with E-state index in [1.165, 1.54) is 84.9 Å². The molecule has 0 aliphatic heterocycles. The first kappa shape index (κ1) is 74.7. The molecule has 8 aromatic carbocycles. The van der Waals surface area contributed by atoms with Gasteiger partial charge in [-0.25, -0.2) is 19.2 Å². The van der Waals surface area contributed by atoms with Gasteiger partial charge in [-0.3, -0.25) is 19.2 Å². The van der Waals surface area contributed by atoms with Crippen molar-refractivity contribution in [3.8, 4) is 34.8 Å². The van der Waals surface area contributed by atoms with E-state index in [1.54, 1.807) is 84.9 Å². The summed E-state index contributed by atoms with van der Waals surface area (Å²) in [5.74, 6) is -0.744. The van der Waals surface area contributed by atoms with E-state index < -0.39 is 47.0 Å². The molecule has 20 nitrogen and oxygen atoms in total. The smallest absolute Gasteiger partial charge is 0.339 e. The third kappa shape index (κ3) is 18.6. The van der Waals surface area contributed by atoms with Crippen molar-refractivity contribution in [1.29, 1.82) is 0 Å². The van der Waals surface area contributed by atoms with Crippen LogP contribution < -0.4 is 19.6 Å². The lowest BCUT2D eigenvalue weighted by Crippen LogP contribution is -2.21. The van der Waals surface area contributed by atoms with Crippen LogP contribution in [0.4, 0.5) is 22.7 Å². The molecule has 4 N–H and O–H groups in total. The van der Waals surface area contributed by atoms with Gasteiger partial charge < -0.3 is 59.0 Å². The van der Waals surface area contributed by atoms with Crippen LogP contribution in [0.1, 0.15) is 167 Å². The second-order valence-corrected chi connectivity index (χ2v) is 22.1. The van der Waals surface area contributed by atoms with Crippen molar-refractivity contribution < 1.29 is 77.7 Å². The fraction of sp³-hybridized carbons (Fsp3) is 0.266. The zero-order valence-corrected chi connectivity index (χ0v) is 56.8. The predicted molar refractivity (Wildman–Crippen MR) is 380 cm³/mol. The Labute approximate surface area is 576 Å². The molecule has 8 rings (SSSR count). The fourth-order valence-corrected chi connectivity index (χ4v) is 11.0. The Morgan fingerprint density at radius 1 is 0.283 bits per heavy atom. The minimum Gasteiger partial charge on any atom is -0.507 e. The van der Waals surface area contributed by atoms with E-state index >= 15 is 0 Å². The van der Waals surface area contributed by atoms with Crippen LogP contribution in [0.25, 0.3) is 0 Å². The summed E-state index contributed by atoms with van der Waals surface area (Å²) in [7, 11) is 0. The Kier molecular flexibility index (Phi) is 27.5. The van der Waals surface area contributed by atoms with Crippen LogP contribution in [0.2, 0.25) is 0 Å². The van der Waals surface area contributed by atoms with Crippen LogP contribution in [0.5, 0.6) is 23.0 Å². The van der Waals surface area contributed by atoms with Gasteiger partial charge in [0, 0.05) is 128 Å². The van der Waals surface area contributed by atoms with E-state index in [1.807, 2.05) is 75.0 Å². The molecule has 0 unspecified atom stereocenters. The molecule has 0 amide bonds. The van der Waals surface area contributed by atoms with Crippen molar-refractivity contribution in [2.45, 2.75) is 61.8 Å². The maximum atomic E-state index is 13.4. The summed E-state index contributed by atoms with van der Waals surface area (Å²) in [6, 6.07) is 43.9. The number of hydrogen-bond donors (Lipinski definition) is 4. The highest BCUT2D eigenvalue weighted by atomic mass is 16.5. The van der Waals surface area contributed by atoms with E-state index in [-0.39, 0.29) is 123 Å². The number of rotatable bonds is 30. The Balaban J connectivity index is 0.000000278. The number of hydrogen-bond acceptors (Lipinski definition) is 20. The minimum atomic E-state index is -0.791. The second kappa shape index (κ2) is 36.4. The molecule has 0 saturated carbocycles. The lowest BCUT2D eigenvalue weighted by atomic mass is 9.97. The van der Waals surface area contributed by atoms with Gasteiger partial charge in [-0.15, -0.1) is 0 Å². The molecule has 0 heterocycles. The Morgan fingerprint density at radius 3 is 0.687 bits per heavy atom. The normalized spacial score (nSPS) is 10.5. The number of ketones is 4. The first-order chi connectivity index (χ1) is 47.8. The van der Waals surface area contributed by atoms with Gasteiger partial charge in [-0.05, 0) is 128 Å². The largest absolute Gasteiger partial charge is 0.507 e. The molecular weight excluding hydrogens is 1260 g/mol. The summed E-state index contributed by atoms with van der Waals surface area (Å²) in [6.07, 6.45) is 0.158. The molecule has 0 aliphatic rings. The van der Waals surface area contributed by atoms with E-state index in [4.69, 9.17) is 18.9 Å². The summed E-state index contributed by atoms with van der Waals surface area (Å²) in [5.41, 5.74) is 3.72. The van der Waals surface area contributed by atoms with Crippen LogP contribution in [0.3, 0.4) is 0 Å². The van der Waals surface area contributed by atoms with Gasteiger partial charge in [0.25, 0.3) is 0 Å². The van der Waals surface area contributed by atoms with Gasteiger partial charge in [0.2, 0.25) is 0 Å². The number of carbonyl (C=O) groups is 8. The van der Waals surface area contributed by atoms with Crippen LogP contribution in [-0.2, 0) is 18.9 Å². The summed E-state index contributed by atoms with van der Waals surface area (Å²) < 4.78 is 21.3. The van der Waals surface area contributed by atoms with Gasteiger partial charge in [0.1, 0.15) is 23.0 Å². The zero-order valence-electron chi connectivity index (χ0n) is 56.8. The number of anilines is 4. The minimum absolute atomic E-state index is 0.00736. The van der Waals surface area contributed by atoms with Crippen molar-refractivity contribution in [2.75, 3.05) is 98.4 Å². The highest BCUT2D eigenvalue weighted by Crippen LogP contribution is 2.33. The lowest BCUT2D eigenvalue weighted by Gasteiger charge is -2.21. The summed E-state index contributed by atoms with van der Waals surface area (Å²) >= 11 is 0. The van der Waals surface area contributed by atoms with Crippen LogP contribution in [-0.4, -0.2) is 146 Å². The predicted octanol–water partition coefficient (Wildman–Crippen LogP) is 12.9. The summed E-state index contributed by atoms with van der Waals surface area (Å²) in [6.45, 7) is 20.9. The molecular formula is C79H82N4O16. The van der Waals surface area contributed by atoms with E-state index in [9.17, 15) is 58.8 Å². The third-order valence-electron chi connectivity index (χ3n) is 16.4. The number of esters is 4. The molecule has 20 heteroatoms. The van der Waals surface area contributed by atoms with E-state index in [2.05, 4.69) is 11.8 Å². The highest BCUT2D eigenvalue weighted by molar-refractivity contribution is 6.18. The standard InChI is InChI=1S/C40H40N2O8.C39H42N2O8/c1-5-41(6-2)27-19-21-33(35(43)25-27)37(45)29-15-9-11-17-31(29)39(47)49-23-13-14-24-50-40(48)32-18-12-10-16-30(32)38(46)34-22-20-28(26-36(34)44)42(7-3)8-4;1-5-40(6-2)26-18-20-32(34(42)24-26)36(44)28-14-9-11-16-30(28)38(46)48-22-13-23-49-39(47)31-17-12-10-15-29(31)37(45)33-21-19-27(25-35(33)43)41(7-3)8-4/h9-12,15-22,25-26,43-44H,5-8,23-24H2,1-4H3;9-12,14-21,24-25,42-43H,5-8,13,22-23H2,1-4H3. The van der Waals surface area contributed by atoms with Crippen LogP contribution in [0.15, 0.2) is 170 Å². The molecule has 8 aromatic rings. The van der Waals surface area contributed by atoms with Gasteiger partial charge in [-0.2, -0.15) is 0 Å². The van der Waals surface area contributed by atoms with Gasteiger partial charge in [-0.1, -0.05) is 84.6 Å².